The molecule has 0 spiro atoms. The zero-order valence-electron chi connectivity index (χ0n) is 18.3. The number of benzene rings is 1. The van der Waals surface area contributed by atoms with E-state index in [1.165, 1.54) is 0 Å². The van der Waals surface area contributed by atoms with Gasteiger partial charge in [-0.2, -0.15) is 0 Å². The van der Waals surface area contributed by atoms with E-state index in [1.807, 2.05) is 62.7 Å². The third-order valence-electron chi connectivity index (χ3n) is 4.83. The molecule has 1 aromatic heterocycles. The van der Waals surface area contributed by atoms with E-state index >= 15 is 0 Å². The molecule has 0 bridgehead atoms. The summed E-state index contributed by atoms with van der Waals surface area (Å²) in [6.45, 7) is 12.2. The van der Waals surface area contributed by atoms with Gasteiger partial charge in [-0.05, 0) is 46.2 Å². The standard InChI is InChI=1S/C21H34N6O.HI/c1-6-22-21(25(5)16-20(28)26(7-2)8-3)23-14-11-15-27-17(4)24-18-12-9-10-13-19(18)27;/h9-10,12-13H,6-8,11,14-16H2,1-5H3,(H,22,23);1H. The van der Waals surface area contributed by atoms with Gasteiger partial charge < -0.3 is 19.7 Å². The van der Waals surface area contributed by atoms with Gasteiger partial charge in [0, 0.05) is 39.8 Å². The van der Waals surface area contributed by atoms with E-state index in [0.29, 0.717) is 13.1 Å². The second-order valence-electron chi connectivity index (χ2n) is 6.81. The van der Waals surface area contributed by atoms with Crippen molar-refractivity contribution in [2.45, 2.75) is 40.7 Å². The second-order valence-corrected chi connectivity index (χ2v) is 6.81. The van der Waals surface area contributed by atoms with E-state index in [-0.39, 0.29) is 29.9 Å². The number of likely N-dealkylation sites (N-methyl/N-ethyl adjacent to an activating group) is 2. The van der Waals surface area contributed by atoms with Gasteiger partial charge in [-0.15, -0.1) is 24.0 Å². The number of hydrogen-bond donors (Lipinski definition) is 1. The minimum Gasteiger partial charge on any atom is -0.357 e. The van der Waals surface area contributed by atoms with Crippen molar-refractivity contribution in [2.24, 2.45) is 4.99 Å². The van der Waals surface area contributed by atoms with Crippen LogP contribution in [0.4, 0.5) is 0 Å². The summed E-state index contributed by atoms with van der Waals surface area (Å²) in [5.41, 5.74) is 2.20. The van der Waals surface area contributed by atoms with Gasteiger partial charge >= 0.3 is 0 Å². The lowest BCUT2D eigenvalue weighted by molar-refractivity contribution is -0.131. The summed E-state index contributed by atoms with van der Waals surface area (Å²) >= 11 is 0. The van der Waals surface area contributed by atoms with Crippen LogP contribution in [0.15, 0.2) is 29.3 Å². The lowest BCUT2D eigenvalue weighted by Gasteiger charge is -2.25. The van der Waals surface area contributed by atoms with Crippen LogP contribution in [0.3, 0.4) is 0 Å². The number of amides is 1. The van der Waals surface area contributed by atoms with Crippen LogP contribution in [0.2, 0.25) is 0 Å². The zero-order chi connectivity index (χ0) is 20.5. The highest BCUT2D eigenvalue weighted by Gasteiger charge is 2.15. The minimum atomic E-state index is 0. The van der Waals surface area contributed by atoms with Gasteiger partial charge in [-0.3, -0.25) is 9.79 Å². The summed E-state index contributed by atoms with van der Waals surface area (Å²) in [6, 6.07) is 8.21. The molecule has 0 saturated heterocycles. The maximum atomic E-state index is 12.4. The Kier molecular flexibility index (Phi) is 11.0. The Morgan fingerprint density at radius 1 is 1.21 bits per heavy atom. The van der Waals surface area contributed by atoms with E-state index in [9.17, 15) is 4.79 Å². The highest BCUT2D eigenvalue weighted by Crippen LogP contribution is 2.15. The first-order valence-corrected chi connectivity index (χ1v) is 10.2. The molecule has 29 heavy (non-hydrogen) atoms. The lowest BCUT2D eigenvalue weighted by atomic mass is 10.3. The monoisotopic (exact) mass is 514 g/mol. The Balaban J connectivity index is 0.00000420. The van der Waals surface area contributed by atoms with E-state index in [0.717, 1.165) is 55.4 Å². The average Bonchev–Trinajstić information content (AvgIpc) is 3.00. The van der Waals surface area contributed by atoms with Gasteiger partial charge in [-0.25, -0.2) is 4.98 Å². The molecule has 2 aromatic rings. The van der Waals surface area contributed by atoms with E-state index in [2.05, 4.69) is 20.9 Å². The molecule has 0 fully saturated rings. The Bertz CT molecular complexity index is 800. The number of carbonyl (C=O) groups is 1. The summed E-state index contributed by atoms with van der Waals surface area (Å²) in [4.78, 5) is 25.4. The molecule has 0 saturated carbocycles. The van der Waals surface area contributed by atoms with Crippen LogP contribution >= 0.6 is 24.0 Å². The summed E-state index contributed by atoms with van der Waals surface area (Å²) in [5.74, 6) is 1.92. The predicted octanol–water partition coefficient (Wildman–Crippen LogP) is 3.12. The molecule has 162 valence electrons. The molecule has 1 aromatic carbocycles. The van der Waals surface area contributed by atoms with Crippen LogP contribution in [0, 0.1) is 6.92 Å². The molecular formula is C21H35IN6O. The van der Waals surface area contributed by atoms with Crippen molar-refractivity contribution in [1.29, 1.82) is 0 Å². The van der Waals surface area contributed by atoms with Crippen molar-refractivity contribution < 1.29 is 4.79 Å². The van der Waals surface area contributed by atoms with E-state index in [1.54, 1.807) is 0 Å². The maximum absolute atomic E-state index is 12.4. The number of nitrogens with zero attached hydrogens (tertiary/aromatic N) is 5. The van der Waals surface area contributed by atoms with Crippen molar-refractivity contribution in [3.63, 3.8) is 0 Å². The second kappa shape index (κ2) is 12.7. The van der Waals surface area contributed by atoms with Gasteiger partial charge in [0.15, 0.2) is 5.96 Å². The Hall–Kier alpha value is -1.84. The van der Waals surface area contributed by atoms with Gasteiger partial charge in [0.2, 0.25) is 5.91 Å². The normalized spacial score (nSPS) is 11.3. The Morgan fingerprint density at radius 3 is 2.55 bits per heavy atom. The third-order valence-corrected chi connectivity index (χ3v) is 4.83. The molecule has 0 aliphatic heterocycles. The molecule has 7 nitrogen and oxygen atoms in total. The molecule has 0 atom stereocenters. The number of nitrogens with one attached hydrogen (secondary N) is 1. The molecule has 0 aliphatic rings. The molecule has 8 heteroatoms. The van der Waals surface area contributed by atoms with Gasteiger partial charge in [-0.1, -0.05) is 12.1 Å². The number of carbonyl (C=O) groups excluding carboxylic acids is 1. The number of guanidine groups is 1. The van der Waals surface area contributed by atoms with Crippen LogP contribution < -0.4 is 5.32 Å². The number of imidazole rings is 1. The predicted molar refractivity (Wildman–Crippen MR) is 131 cm³/mol. The molecule has 1 amide bonds. The molecule has 0 unspecified atom stereocenters. The van der Waals surface area contributed by atoms with Crippen LogP contribution in [-0.2, 0) is 11.3 Å². The highest BCUT2D eigenvalue weighted by molar-refractivity contribution is 14.0. The summed E-state index contributed by atoms with van der Waals surface area (Å²) in [7, 11) is 1.91. The number of para-hydroxylation sites is 2. The van der Waals surface area contributed by atoms with Crippen molar-refractivity contribution >= 4 is 46.9 Å². The number of aromatic nitrogens is 2. The molecule has 0 aliphatic carbocycles. The lowest BCUT2D eigenvalue weighted by Crippen LogP contribution is -2.45. The number of fused-ring (bicyclic) bond motifs is 1. The minimum absolute atomic E-state index is 0. The largest absolute Gasteiger partial charge is 0.357 e. The van der Waals surface area contributed by atoms with Gasteiger partial charge in [0.1, 0.15) is 5.82 Å². The van der Waals surface area contributed by atoms with Crippen molar-refractivity contribution in [3.8, 4) is 0 Å². The average molecular weight is 514 g/mol. The van der Waals surface area contributed by atoms with E-state index < -0.39 is 0 Å². The number of aryl methyl sites for hydroxylation is 2. The molecule has 0 radical (unpaired) electrons. The first-order valence-electron chi connectivity index (χ1n) is 10.2. The number of hydrogen-bond acceptors (Lipinski definition) is 3. The number of aliphatic imine (C=N–C) groups is 1. The Labute approximate surface area is 191 Å². The van der Waals surface area contributed by atoms with Gasteiger partial charge in [0.05, 0.1) is 17.6 Å². The van der Waals surface area contributed by atoms with E-state index in [4.69, 9.17) is 4.99 Å². The SMILES string of the molecule is CCNC(=NCCCn1c(C)nc2ccccc21)N(C)CC(=O)N(CC)CC.I. The summed E-state index contributed by atoms with van der Waals surface area (Å²) < 4.78 is 2.24. The van der Waals surface area contributed by atoms with Crippen LogP contribution in [0.25, 0.3) is 11.0 Å². The molecular weight excluding hydrogens is 479 g/mol. The number of rotatable bonds is 9. The summed E-state index contributed by atoms with van der Waals surface area (Å²) in [6.07, 6.45) is 0.911. The Morgan fingerprint density at radius 2 is 1.90 bits per heavy atom. The molecule has 1 heterocycles. The van der Waals surface area contributed by atoms with Gasteiger partial charge in [0.25, 0.3) is 0 Å². The fourth-order valence-corrected chi connectivity index (χ4v) is 3.32. The molecule has 2 rings (SSSR count). The fraction of sp³-hybridized carbons (Fsp3) is 0.571. The first-order chi connectivity index (χ1) is 13.5. The fourth-order valence-electron chi connectivity index (χ4n) is 3.32. The first kappa shape index (κ1) is 25.2. The third kappa shape index (κ3) is 6.87. The summed E-state index contributed by atoms with van der Waals surface area (Å²) in [5, 5.41) is 3.28. The topological polar surface area (TPSA) is 65.8 Å². The zero-order valence-corrected chi connectivity index (χ0v) is 20.6. The smallest absolute Gasteiger partial charge is 0.242 e. The maximum Gasteiger partial charge on any atom is 0.242 e. The van der Waals surface area contributed by atoms with Crippen LogP contribution in [0.5, 0.6) is 0 Å². The quantitative estimate of drug-likeness (QED) is 0.242. The van der Waals surface area contributed by atoms with Crippen molar-refractivity contribution in [2.75, 3.05) is 39.8 Å². The highest BCUT2D eigenvalue weighted by atomic mass is 127. The van der Waals surface area contributed by atoms with Crippen LogP contribution in [-0.4, -0.2) is 71.0 Å². The van der Waals surface area contributed by atoms with Crippen molar-refractivity contribution in [1.82, 2.24) is 24.7 Å². The number of halogens is 1. The van der Waals surface area contributed by atoms with Crippen molar-refractivity contribution in [3.05, 3.63) is 30.1 Å². The molecule has 1 N–H and O–H groups in total. The van der Waals surface area contributed by atoms with Crippen LogP contribution in [0.1, 0.15) is 33.0 Å².